The summed E-state index contributed by atoms with van der Waals surface area (Å²) in [6.45, 7) is 3.58. The lowest BCUT2D eigenvalue weighted by atomic mass is 10.1. The minimum atomic E-state index is -0.153. The van der Waals surface area contributed by atoms with Crippen molar-refractivity contribution in [2.24, 2.45) is 5.73 Å². The summed E-state index contributed by atoms with van der Waals surface area (Å²) in [7, 11) is 0. The molecule has 0 bridgehead atoms. The van der Waals surface area contributed by atoms with Crippen LogP contribution >= 0.6 is 0 Å². The van der Waals surface area contributed by atoms with E-state index >= 15 is 0 Å². The van der Waals surface area contributed by atoms with Crippen LogP contribution in [0.15, 0.2) is 31.0 Å². The van der Waals surface area contributed by atoms with Gasteiger partial charge in [0.2, 0.25) is 0 Å². The van der Waals surface area contributed by atoms with E-state index in [1.54, 1.807) is 18.3 Å². The highest BCUT2D eigenvalue weighted by molar-refractivity contribution is 5.34. The van der Waals surface area contributed by atoms with E-state index in [0.29, 0.717) is 5.82 Å². The Hall–Kier alpha value is -1.35. The average molecular weight is 149 g/mol. The maximum Gasteiger partial charge on any atom is 0.123 e. The fraction of sp³-hybridized carbons (Fsp3) is 0.125. The molecule has 3 heteroatoms. The first-order chi connectivity index (χ1) is 5.24. The molecule has 1 rings (SSSR count). The van der Waals surface area contributed by atoms with Gasteiger partial charge in [0.25, 0.3) is 0 Å². The van der Waals surface area contributed by atoms with Crippen LogP contribution in [0.4, 0.5) is 5.82 Å². The van der Waals surface area contributed by atoms with Crippen LogP contribution in [0.3, 0.4) is 0 Å². The summed E-state index contributed by atoms with van der Waals surface area (Å²) in [5.74, 6) is 0.486. The van der Waals surface area contributed by atoms with E-state index in [2.05, 4.69) is 11.6 Å². The summed E-state index contributed by atoms with van der Waals surface area (Å²) in [6.07, 6.45) is 3.29. The van der Waals surface area contributed by atoms with E-state index in [9.17, 15) is 0 Å². The van der Waals surface area contributed by atoms with Gasteiger partial charge < -0.3 is 11.5 Å². The second-order valence-electron chi connectivity index (χ2n) is 2.28. The topological polar surface area (TPSA) is 64.9 Å². The zero-order valence-corrected chi connectivity index (χ0v) is 6.20. The molecule has 1 heterocycles. The highest BCUT2D eigenvalue weighted by atomic mass is 14.8. The highest BCUT2D eigenvalue weighted by Crippen LogP contribution is 2.11. The van der Waals surface area contributed by atoms with Gasteiger partial charge in [-0.2, -0.15) is 0 Å². The molecular formula is C8H11N3. The molecule has 0 aromatic carbocycles. The van der Waals surface area contributed by atoms with Crippen molar-refractivity contribution in [3.63, 3.8) is 0 Å². The number of nitrogen functional groups attached to an aromatic ring is 1. The zero-order valence-electron chi connectivity index (χ0n) is 6.20. The normalized spacial score (nSPS) is 12.5. The Morgan fingerprint density at radius 2 is 2.36 bits per heavy atom. The Bertz CT molecular complexity index is 257. The molecule has 0 radical (unpaired) electrons. The quantitative estimate of drug-likeness (QED) is 0.612. The van der Waals surface area contributed by atoms with E-state index in [0.717, 1.165) is 5.56 Å². The van der Waals surface area contributed by atoms with Gasteiger partial charge in [0.05, 0.1) is 0 Å². The SMILES string of the molecule is C=C[C@@H](N)c1ccnc(N)c1. The summed E-state index contributed by atoms with van der Waals surface area (Å²) in [5, 5.41) is 0. The van der Waals surface area contributed by atoms with Crippen LogP contribution < -0.4 is 11.5 Å². The number of hydrogen-bond donors (Lipinski definition) is 2. The molecule has 0 saturated heterocycles. The smallest absolute Gasteiger partial charge is 0.123 e. The van der Waals surface area contributed by atoms with Gasteiger partial charge in [-0.25, -0.2) is 4.98 Å². The van der Waals surface area contributed by atoms with E-state index in [1.807, 2.05) is 6.07 Å². The van der Waals surface area contributed by atoms with Crippen LogP contribution in [0.2, 0.25) is 0 Å². The maximum atomic E-state index is 5.66. The Kier molecular flexibility index (Phi) is 2.23. The Morgan fingerprint density at radius 3 is 2.91 bits per heavy atom. The molecule has 0 unspecified atom stereocenters. The van der Waals surface area contributed by atoms with Gasteiger partial charge in [0.1, 0.15) is 5.82 Å². The molecule has 1 atom stereocenters. The van der Waals surface area contributed by atoms with Crippen LogP contribution in [0, 0.1) is 0 Å². The van der Waals surface area contributed by atoms with Crippen LogP contribution in [0.1, 0.15) is 11.6 Å². The first-order valence-electron chi connectivity index (χ1n) is 3.33. The third-order valence-corrected chi connectivity index (χ3v) is 1.44. The Morgan fingerprint density at radius 1 is 1.64 bits per heavy atom. The number of pyridine rings is 1. The molecular weight excluding hydrogens is 138 g/mol. The summed E-state index contributed by atoms with van der Waals surface area (Å²) in [6, 6.07) is 3.41. The van der Waals surface area contributed by atoms with Crippen LogP contribution in [-0.4, -0.2) is 4.98 Å². The van der Waals surface area contributed by atoms with Gasteiger partial charge >= 0.3 is 0 Å². The second kappa shape index (κ2) is 3.16. The molecule has 0 aliphatic carbocycles. The zero-order chi connectivity index (χ0) is 8.27. The molecule has 1 aromatic rings. The lowest BCUT2D eigenvalue weighted by Crippen LogP contribution is -2.07. The fourth-order valence-corrected chi connectivity index (χ4v) is 0.809. The molecule has 11 heavy (non-hydrogen) atoms. The first-order valence-corrected chi connectivity index (χ1v) is 3.33. The van der Waals surface area contributed by atoms with Gasteiger partial charge in [0.15, 0.2) is 0 Å². The predicted molar refractivity (Wildman–Crippen MR) is 45.8 cm³/mol. The average Bonchev–Trinajstić information content (AvgIpc) is 2.03. The van der Waals surface area contributed by atoms with Gasteiger partial charge in [-0.05, 0) is 17.7 Å². The molecule has 0 aliphatic heterocycles. The van der Waals surface area contributed by atoms with Crippen molar-refractivity contribution in [2.75, 3.05) is 5.73 Å². The van der Waals surface area contributed by atoms with Gasteiger partial charge in [-0.15, -0.1) is 6.58 Å². The number of anilines is 1. The van der Waals surface area contributed by atoms with Gasteiger partial charge in [-0.1, -0.05) is 6.08 Å². The van der Waals surface area contributed by atoms with E-state index in [1.165, 1.54) is 0 Å². The van der Waals surface area contributed by atoms with E-state index in [4.69, 9.17) is 11.5 Å². The number of rotatable bonds is 2. The molecule has 0 saturated carbocycles. The maximum absolute atomic E-state index is 5.66. The molecule has 0 spiro atoms. The van der Waals surface area contributed by atoms with Crippen molar-refractivity contribution in [1.82, 2.24) is 4.98 Å². The lowest BCUT2D eigenvalue weighted by Gasteiger charge is -2.05. The highest BCUT2D eigenvalue weighted by Gasteiger charge is 1.99. The summed E-state index contributed by atoms with van der Waals surface area (Å²) < 4.78 is 0. The molecule has 0 aliphatic rings. The lowest BCUT2D eigenvalue weighted by molar-refractivity contribution is 0.911. The Balaban J connectivity index is 2.95. The molecule has 4 N–H and O–H groups in total. The standard InChI is InChI=1S/C8H11N3/c1-2-7(9)6-3-4-11-8(10)5-6/h2-5,7H,1,9H2,(H2,10,11)/t7-/m1/s1. The van der Waals surface area contributed by atoms with Crippen molar-refractivity contribution in [3.05, 3.63) is 36.5 Å². The number of aromatic nitrogens is 1. The molecule has 0 fully saturated rings. The Labute approximate surface area is 65.7 Å². The third kappa shape index (κ3) is 1.78. The summed E-state index contributed by atoms with van der Waals surface area (Å²) in [5.41, 5.74) is 12.0. The third-order valence-electron chi connectivity index (χ3n) is 1.44. The van der Waals surface area contributed by atoms with Crippen molar-refractivity contribution in [3.8, 4) is 0 Å². The van der Waals surface area contributed by atoms with Crippen LogP contribution in [0.25, 0.3) is 0 Å². The first kappa shape index (κ1) is 7.75. The van der Waals surface area contributed by atoms with Crippen LogP contribution in [0.5, 0.6) is 0 Å². The van der Waals surface area contributed by atoms with E-state index in [-0.39, 0.29) is 6.04 Å². The van der Waals surface area contributed by atoms with Crippen molar-refractivity contribution in [2.45, 2.75) is 6.04 Å². The predicted octanol–water partition coefficient (Wildman–Crippen LogP) is 0.850. The molecule has 58 valence electrons. The second-order valence-corrected chi connectivity index (χ2v) is 2.28. The largest absolute Gasteiger partial charge is 0.384 e. The molecule has 0 amide bonds. The number of nitrogens with two attached hydrogens (primary N) is 2. The van der Waals surface area contributed by atoms with Crippen molar-refractivity contribution < 1.29 is 0 Å². The minimum Gasteiger partial charge on any atom is -0.384 e. The fourth-order valence-electron chi connectivity index (χ4n) is 0.809. The van der Waals surface area contributed by atoms with Crippen molar-refractivity contribution >= 4 is 5.82 Å². The van der Waals surface area contributed by atoms with E-state index < -0.39 is 0 Å². The van der Waals surface area contributed by atoms with Gasteiger partial charge in [0, 0.05) is 12.2 Å². The summed E-state index contributed by atoms with van der Waals surface area (Å²) in [4.78, 5) is 3.84. The molecule has 1 aromatic heterocycles. The van der Waals surface area contributed by atoms with Crippen LogP contribution in [-0.2, 0) is 0 Å². The van der Waals surface area contributed by atoms with Crippen molar-refractivity contribution in [1.29, 1.82) is 0 Å². The monoisotopic (exact) mass is 149 g/mol. The number of nitrogens with zero attached hydrogens (tertiary/aromatic N) is 1. The summed E-state index contributed by atoms with van der Waals surface area (Å²) >= 11 is 0. The minimum absolute atomic E-state index is 0.153. The van der Waals surface area contributed by atoms with Gasteiger partial charge in [-0.3, -0.25) is 0 Å². The molecule has 3 nitrogen and oxygen atoms in total. The number of hydrogen-bond acceptors (Lipinski definition) is 3.